The van der Waals surface area contributed by atoms with Gasteiger partial charge in [0.15, 0.2) is 0 Å². The molecule has 4 nitrogen and oxygen atoms in total. The predicted octanol–water partition coefficient (Wildman–Crippen LogP) is 0.607. The first kappa shape index (κ1) is 9.68. The van der Waals surface area contributed by atoms with E-state index in [0.717, 1.165) is 25.3 Å². The maximum atomic E-state index is 5.71. The molecule has 0 atom stereocenters. The van der Waals surface area contributed by atoms with Crippen molar-refractivity contribution in [2.75, 3.05) is 13.1 Å². The van der Waals surface area contributed by atoms with Crippen molar-refractivity contribution in [2.45, 2.75) is 32.5 Å². The van der Waals surface area contributed by atoms with Crippen LogP contribution in [0, 0.1) is 0 Å². The molecule has 0 amide bonds. The average molecular weight is 194 g/mol. The number of aromatic nitrogens is 2. The highest BCUT2D eigenvalue weighted by Crippen LogP contribution is 2.11. The molecular weight excluding hydrogens is 176 g/mol. The predicted molar refractivity (Wildman–Crippen MR) is 55.9 cm³/mol. The molecule has 1 aliphatic heterocycles. The highest BCUT2D eigenvalue weighted by Gasteiger charge is 2.23. The zero-order valence-corrected chi connectivity index (χ0v) is 8.85. The van der Waals surface area contributed by atoms with Crippen LogP contribution >= 0.6 is 0 Å². The van der Waals surface area contributed by atoms with Gasteiger partial charge >= 0.3 is 0 Å². The molecular formula is C10H18N4. The van der Waals surface area contributed by atoms with E-state index in [2.05, 4.69) is 29.9 Å². The highest BCUT2D eigenvalue weighted by molar-refractivity contribution is 5.01. The Bertz CT molecular complexity index is 299. The molecule has 0 unspecified atom stereocenters. The number of rotatable bonds is 3. The van der Waals surface area contributed by atoms with E-state index in [-0.39, 0.29) is 0 Å². The third-order valence-corrected chi connectivity index (χ3v) is 2.56. The summed E-state index contributed by atoms with van der Waals surface area (Å²) in [4.78, 5) is 2.32. The first-order chi connectivity index (χ1) is 6.65. The van der Waals surface area contributed by atoms with Gasteiger partial charge in [0.25, 0.3) is 0 Å². The van der Waals surface area contributed by atoms with Gasteiger partial charge in [-0.1, -0.05) is 0 Å². The fourth-order valence-corrected chi connectivity index (χ4v) is 1.72. The molecule has 0 aromatic carbocycles. The number of nitrogens with two attached hydrogens (primary N) is 1. The van der Waals surface area contributed by atoms with Crippen molar-refractivity contribution in [3.05, 3.63) is 18.0 Å². The summed E-state index contributed by atoms with van der Waals surface area (Å²) in [5, 5.41) is 4.49. The maximum absolute atomic E-state index is 5.71. The summed E-state index contributed by atoms with van der Waals surface area (Å²) >= 11 is 0. The minimum Gasteiger partial charge on any atom is -0.325 e. The summed E-state index contributed by atoms with van der Waals surface area (Å²) < 4.78 is 2.00. The van der Waals surface area contributed by atoms with Crippen LogP contribution in [0.4, 0.5) is 0 Å². The molecule has 4 heteroatoms. The lowest BCUT2D eigenvalue weighted by molar-refractivity contribution is 0.140. The van der Waals surface area contributed by atoms with Gasteiger partial charge < -0.3 is 5.73 Å². The minimum atomic E-state index is 0.377. The van der Waals surface area contributed by atoms with E-state index in [1.807, 2.05) is 10.9 Å². The lowest BCUT2D eigenvalue weighted by atomic mass is 10.1. The topological polar surface area (TPSA) is 47.1 Å². The molecule has 0 radical (unpaired) electrons. The smallest absolute Gasteiger partial charge is 0.0764 e. The lowest BCUT2D eigenvalue weighted by Gasteiger charge is -2.36. The fourth-order valence-electron chi connectivity index (χ4n) is 1.72. The normalized spacial score (nSPS) is 18.9. The zero-order valence-electron chi connectivity index (χ0n) is 8.85. The zero-order chi connectivity index (χ0) is 10.1. The van der Waals surface area contributed by atoms with Crippen LogP contribution in [-0.2, 0) is 6.54 Å². The summed E-state index contributed by atoms with van der Waals surface area (Å²) in [6.45, 7) is 7.23. The summed E-state index contributed by atoms with van der Waals surface area (Å²) in [7, 11) is 0. The minimum absolute atomic E-state index is 0.377. The van der Waals surface area contributed by atoms with Crippen LogP contribution in [0.1, 0.15) is 25.6 Å². The van der Waals surface area contributed by atoms with Gasteiger partial charge in [0.05, 0.1) is 5.69 Å². The van der Waals surface area contributed by atoms with Crippen molar-refractivity contribution >= 4 is 0 Å². The first-order valence-corrected chi connectivity index (χ1v) is 5.17. The van der Waals surface area contributed by atoms with Crippen LogP contribution in [-0.4, -0.2) is 33.8 Å². The van der Waals surface area contributed by atoms with Crippen molar-refractivity contribution in [1.29, 1.82) is 0 Å². The largest absolute Gasteiger partial charge is 0.325 e. The molecule has 1 fully saturated rings. The van der Waals surface area contributed by atoms with Crippen LogP contribution in [0.25, 0.3) is 0 Å². The number of hydrogen-bond donors (Lipinski definition) is 1. The van der Waals surface area contributed by atoms with E-state index in [1.54, 1.807) is 0 Å². The quantitative estimate of drug-likeness (QED) is 0.766. The van der Waals surface area contributed by atoms with Gasteiger partial charge in [-0.3, -0.25) is 9.58 Å². The van der Waals surface area contributed by atoms with Crippen LogP contribution in [0.5, 0.6) is 0 Å². The Labute approximate surface area is 84.7 Å². The second-order valence-electron chi connectivity index (χ2n) is 4.33. The molecule has 1 aromatic rings. The fraction of sp³-hybridized carbons (Fsp3) is 0.700. The molecule has 0 spiro atoms. The molecule has 2 heterocycles. The third kappa shape index (κ3) is 1.96. The summed E-state index contributed by atoms with van der Waals surface area (Å²) in [6, 6.07) is 2.91. The summed E-state index contributed by atoms with van der Waals surface area (Å²) in [6.07, 6.45) is 2.04. The van der Waals surface area contributed by atoms with Crippen molar-refractivity contribution < 1.29 is 0 Å². The van der Waals surface area contributed by atoms with E-state index >= 15 is 0 Å². The van der Waals surface area contributed by atoms with Gasteiger partial charge in [0, 0.05) is 37.9 Å². The molecule has 78 valence electrons. The number of nitrogens with zero attached hydrogens (tertiary/aromatic N) is 3. The standard InChI is InChI=1S/C10H18N4/c1-8(2)14-4-3-10(12-14)7-13-5-9(11)6-13/h3-4,8-9H,5-7,11H2,1-2H3. The second-order valence-corrected chi connectivity index (χ2v) is 4.33. The Hall–Kier alpha value is -0.870. The molecule has 0 saturated carbocycles. The van der Waals surface area contributed by atoms with E-state index in [1.165, 1.54) is 0 Å². The van der Waals surface area contributed by atoms with Crippen molar-refractivity contribution in [2.24, 2.45) is 5.73 Å². The average Bonchev–Trinajstić information content (AvgIpc) is 2.50. The molecule has 0 aliphatic carbocycles. The SMILES string of the molecule is CC(C)n1ccc(CN2CC(N)C2)n1. The van der Waals surface area contributed by atoms with E-state index in [9.17, 15) is 0 Å². The molecule has 1 aromatic heterocycles. The van der Waals surface area contributed by atoms with Gasteiger partial charge in [-0.25, -0.2) is 0 Å². The Balaban J connectivity index is 1.90. The number of hydrogen-bond acceptors (Lipinski definition) is 3. The molecule has 2 N–H and O–H groups in total. The molecule has 2 rings (SSSR count). The van der Waals surface area contributed by atoms with Crippen molar-refractivity contribution in [3.63, 3.8) is 0 Å². The van der Waals surface area contributed by atoms with Crippen LogP contribution < -0.4 is 5.73 Å². The Morgan fingerprint density at radius 3 is 2.79 bits per heavy atom. The Morgan fingerprint density at radius 2 is 2.29 bits per heavy atom. The van der Waals surface area contributed by atoms with E-state index in [0.29, 0.717) is 12.1 Å². The molecule has 1 aliphatic rings. The highest BCUT2D eigenvalue weighted by atomic mass is 15.3. The second kappa shape index (κ2) is 3.71. The van der Waals surface area contributed by atoms with Crippen LogP contribution in [0.15, 0.2) is 12.3 Å². The summed E-state index contributed by atoms with van der Waals surface area (Å²) in [5.74, 6) is 0. The summed E-state index contributed by atoms with van der Waals surface area (Å²) in [5.41, 5.74) is 6.85. The number of likely N-dealkylation sites (tertiary alicyclic amines) is 1. The molecule has 1 saturated heterocycles. The third-order valence-electron chi connectivity index (χ3n) is 2.56. The van der Waals surface area contributed by atoms with Crippen LogP contribution in [0.2, 0.25) is 0 Å². The Kier molecular flexibility index (Phi) is 2.56. The van der Waals surface area contributed by atoms with Gasteiger partial charge in [-0.15, -0.1) is 0 Å². The van der Waals surface area contributed by atoms with Crippen LogP contribution in [0.3, 0.4) is 0 Å². The van der Waals surface area contributed by atoms with Gasteiger partial charge in [0.2, 0.25) is 0 Å². The Morgan fingerprint density at radius 1 is 1.57 bits per heavy atom. The van der Waals surface area contributed by atoms with E-state index in [4.69, 9.17) is 5.73 Å². The van der Waals surface area contributed by atoms with Gasteiger partial charge in [0.1, 0.15) is 0 Å². The lowest BCUT2D eigenvalue weighted by Crippen LogP contribution is -2.54. The molecule has 14 heavy (non-hydrogen) atoms. The van der Waals surface area contributed by atoms with Crippen molar-refractivity contribution in [3.8, 4) is 0 Å². The molecule has 0 bridgehead atoms. The maximum Gasteiger partial charge on any atom is 0.0764 e. The van der Waals surface area contributed by atoms with Gasteiger partial charge in [-0.05, 0) is 19.9 Å². The van der Waals surface area contributed by atoms with Gasteiger partial charge in [-0.2, -0.15) is 5.10 Å². The monoisotopic (exact) mass is 194 g/mol. The van der Waals surface area contributed by atoms with Crippen molar-refractivity contribution in [1.82, 2.24) is 14.7 Å². The first-order valence-electron chi connectivity index (χ1n) is 5.17. The van der Waals surface area contributed by atoms with E-state index < -0.39 is 0 Å².